The Morgan fingerprint density at radius 3 is 2.35 bits per heavy atom. The predicted molar refractivity (Wildman–Crippen MR) is 139 cm³/mol. The average Bonchev–Trinajstić information content (AvgIpc) is 3.54. The zero-order valence-corrected chi connectivity index (χ0v) is 20.0. The van der Waals surface area contributed by atoms with E-state index in [0.29, 0.717) is 29.8 Å². The van der Waals surface area contributed by atoms with E-state index in [9.17, 15) is 19.7 Å². The molecule has 0 atom stereocenters. The van der Waals surface area contributed by atoms with Crippen molar-refractivity contribution < 1.29 is 14.5 Å². The van der Waals surface area contributed by atoms with Crippen LogP contribution in [0.2, 0.25) is 0 Å². The van der Waals surface area contributed by atoms with Gasteiger partial charge in [0.15, 0.2) is 0 Å². The van der Waals surface area contributed by atoms with Gasteiger partial charge in [0.2, 0.25) is 11.8 Å². The van der Waals surface area contributed by atoms with E-state index in [1.165, 1.54) is 12.1 Å². The summed E-state index contributed by atoms with van der Waals surface area (Å²) in [4.78, 5) is 37.2. The van der Waals surface area contributed by atoms with Gasteiger partial charge in [-0.15, -0.1) is 0 Å². The fraction of sp³-hybridized carbons (Fsp3) is 0.179. The molecular formula is C28H25N5O4. The van der Waals surface area contributed by atoms with E-state index in [4.69, 9.17) is 0 Å². The summed E-state index contributed by atoms with van der Waals surface area (Å²) >= 11 is 0. The molecule has 9 nitrogen and oxygen atoms in total. The van der Waals surface area contributed by atoms with E-state index >= 15 is 0 Å². The monoisotopic (exact) mass is 495 g/mol. The van der Waals surface area contributed by atoms with Crippen molar-refractivity contribution in [3.63, 3.8) is 0 Å². The summed E-state index contributed by atoms with van der Waals surface area (Å²) in [6.45, 7) is 1.09. The standard InChI is InChI=1S/C28H25N5O4/c34-26(29-18-20-8-12-23(13-9-20)31-16-4-7-27(31)35)17-22-19-32(24-5-2-1-3-6-24)30-28(22)21-10-14-25(15-11-21)33(36)37/h1-3,5-6,8-15,19H,4,7,16-18H2,(H,29,34). The van der Waals surface area contributed by atoms with Gasteiger partial charge in [-0.25, -0.2) is 4.68 Å². The minimum absolute atomic E-state index is 0.00866. The van der Waals surface area contributed by atoms with Gasteiger partial charge in [-0.3, -0.25) is 19.7 Å². The molecule has 0 bridgehead atoms. The lowest BCUT2D eigenvalue weighted by Crippen LogP contribution is -2.25. The van der Waals surface area contributed by atoms with Gasteiger partial charge in [0.25, 0.3) is 5.69 Å². The maximum atomic E-state index is 12.9. The maximum absolute atomic E-state index is 12.9. The van der Waals surface area contributed by atoms with Crippen molar-refractivity contribution in [3.8, 4) is 16.9 Å². The second-order valence-electron chi connectivity index (χ2n) is 8.86. The van der Waals surface area contributed by atoms with Crippen LogP contribution in [0.25, 0.3) is 16.9 Å². The minimum Gasteiger partial charge on any atom is -0.352 e. The Hall–Kier alpha value is -4.79. The van der Waals surface area contributed by atoms with Crippen LogP contribution in [0, 0.1) is 10.1 Å². The van der Waals surface area contributed by atoms with Crippen LogP contribution in [0.5, 0.6) is 0 Å². The van der Waals surface area contributed by atoms with Gasteiger partial charge in [-0.1, -0.05) is 30.3 Å². The normalized spacial score (nSPS) is 13.1. The number of nitro benzene ring substituents is 1. The zero-order valence-electron chi connectivity index (χ0n) is 20.0. The van der Waals surface area contributed by atoms with Gasteiger partial charge >= 0.3 is 0 Å². The number of aromatic nitrogens is 2. The van der Waals surface area contributed by atoms with E-state index in [1.54, 1.807) is 21.7 Å². The second kappa shape index (κ2) is 10.4. The molecule has 3 aromatic carbocycles. The fourth-order valence-corrected chi connectivity index (χ4v) is 4.39. The number of carbonyl (C=O) groups is 2. The highest BCUT2D eigenvalue weighted by Gasteiger charge is 2.21. The van der Waals surface area contributed by atoms with Gasteiger partial charge in [-0.2, -0.15) is 5.10 Å². The lowest BCUT2D eigenvalue weighted by Gasteiger charge is -2.16. The Kier molecular flexibility index (Phi) is 6.76. The number of nitro groups is 1. The number of hydrogen-bond acceptors (Lipinski definition) is 5. The molecule has 2 heterocycles. The summed E-state index contributed by atoms with van der Waals surface area (Å²) in [5, 5.41) is 18.7. The predicted octanol–water partition coefficient (Wildman–Crippen LogP) is 4.43. The molecule has 0 unspecified atom stereocenters. The van der Waals surface area contributed by atoms with Crippen LogP contribution < -0.4 is 10.2 Å². The molecule has 1 fully saturated rings. The first-order valence-corrected chi connectivity index (χ1v) is 12.0. The van der Waals surface area contributed by atoms with Gasteiger partial charge in [0.05, 0.1) is 22.7 Å². The molecule has 2 amide bonds. The minimum atomic E-state index is -0.448. The first kappa shape index (κ1) is 23.9. The molecule has 0 aliphatic carbocycles. The summed E-state index contributed by atoms with van der Waals surface area (Å²) in [6.07, 6.45) is 3.37. The van der Waals surface area contributed by atoms with Crippen molar-refractivity contribution >= 4 is 23.2 Å². The van der Waals surface area contributed by atoms with Crippen molar-refractivity contribution in [2.24, 2.45) is 0 Å². The fourth-order valence-electron chi connectivity index (χ4n) is 4.39. The Morgan fingerprint density at radius 1 is 0.973 bits per heavy atom. The van der Waals surface area contributed by atoms with E-state index < -0.39 is 4.92 Å². The number of carbonyl (C=O) groups excluding carboxylic acids is 2. The van der Waals surface area contributed by atoms with Crippen molar-refractivity contribution in [1.29, 1.82) is 0 Å². The Bertz CT molecular complexity index is 1430. The van der Waals surface area contributed by atoms with Crippen LogP contribution in [0.15, 0.2) is 85.1 Å². The molecule has 5 rings (SSSR count). The molecule has 1 aliphatic heterocycles. The number of hydrogen-bond donors (Lipinski definition) is 1. The van der Waals surface area contributed by atoms with E-state index in [-0.39, 0.29) is 23.9 Å². The van der Waals surface area contributed by atoms with Crippen molar-refractivity contribution in [2.75, 3.05) is 11.4 Å². The summed E-state index contributed by atoms with van der Waals surface area (Å²) in [5.41, 5.74) is 4.62. The molecule has 9 heteroatoms. The third kappa shape index (κ3) is 5.40. The Labute approximate surface area is 213 Å². The summed E-state index contributed by atoms with van der Waals surface area (Å²) in [5.74, 6) is -0.0319. The van der Waals surface area contributed by atoms with Crippen molar-refractivity contribution in [3.05, 3.63) is 106 Å². The number of nitrogens with zero attached hydrogens (tertiary/aromatic N) is 4. The molecule has 1 N–H and O–H groups in total. The smallest absolute Gasteiger partial charge is 0.269 e. The molecular weight excluding hydrogens is 470 g/mol. The molecule has 0 spiro atoms. The summed E-state index contributed by atoms with van der Waals surface area (Å²) in [6, 6.07) is 23.3. The van der Waals surface area contributed by atoms with Gasteiger partial charge in [0, 0.05) is 54.7 Å². The van der Waals surface area contributed by atoms with E-state index in [0.717, 1.165) is 29.9 Å². The third-order valence-corrected chi connectivity index (χ3v) is 6.32. The van der Waals surface area contributed by atoms with Crippen LogP contribution in [-0.2, 0) is 22.6 Å². The SMILES string of the molecule is O=C(Cc1cn(-c2ccccc2)nc1-c1ccc([N+](=O)[O-])cc1)NCc1ccc(N2CCCC2=O)cc1. The number of non-ortho nitro benzene ring substituents is 1. The van der Waals surface area contributed by atoms with Crippen LogP contribution in [0.4, 0.5) is 11.4 Å². The number of para-hydroxylation sites is 1. The molecule has 4 aromatic rings. The lowest BCUT2D eigenvalue weighted by atomic mass is 10.1. The van der Waals surface area contributed by atoms with Gasteiger partial charge in [-0.05, 0) is 48.4 Å². The maximum Gasteiger partial charge on any atom is 0.269 e. The zero-order chi connectivity index (χ0) is 25.8. The highest BCUT2D eigenvalue weighted by molar-refractivity contribution is 5.95. The lowest BCUT2D eigenvalue weighted by molar-refractivity contribution is -0.384. The van der Waals surface area contributed by atoms with Crippen LogP contribution in [0.1, 0.15) is 24.0 Å². The first-order chi connectivity index (χ1) is 18.0. The molecule has 186 valence electrons. The topological polar surface area (TPSA) is 110 Å². The van der Waals surface area contributed by atoms with Gasteiger partial charge < -0.3 is 10.2 Å². The molecule has 1 saturated heterocycles. The quantitative estimate of drug-likeness (QED) is 0.287. The number of amides is 2. The summed E-state index contributed by atoms with van der Waals surface area (Å²) < 4.78 is 1.71. The Morgan fingerprint density at radius 2 is 1.70 bits per heavy atom. The second-order valence-corrected chi connectivity index (χ2v) is 8.86. The highest BCUT2D eigenvalue weighted by Crippen LogP contribution is 2.26. The summed E-state index contributed by atoms with van der Waals surface area (Å²) in [7, 11) is 0. The van der Waals surface area contributed by atoms with Crippen molar-refractivity contribution in [1.82, 2.24) is 15.1 Å². The van der Waals surface area contributed by atoms with Crippen LogP contribution >= 0.6 is 0 Å². The third-order valence-electron chi connectivity index (χ3n) is 6.32. The molecule has 1 aromatic heterocycles. The largest absolute Gasteiger partial charge is 0.352 e. The number of benzene rings is 3. The first-order valence-electron chi connectivity index (χ1n) is 12.0. The molecule has 0 radical (unpaired) electrons. The number of rotatable bonds is 8. The van der Waals surface area contributed by atoms with E-state index in [2.05, 4.69) is 10.4 Å². The number of anilines is 1. The Balaban J connectivity index is 1.31. The van der Waals surface area contributed by atoms with Crippen molar-refractivity contribution in [2.45, 2.75) is 25.8 Å². The average molecular weight is 496 g/mol. The van der Waals surface area contributed by atoms with Crippen LogP contribution in [0.3, 0.4) is 0 Å². The molecule has 1 aliphatic rings. The molecule has 37 heavy (non-hydrogen) atoms. The molecule has 0 saturated carbocycles. The van der Waals surface area contributed by atoms with Gasteiger partial charge in [0.1, 0.15) is 0 Å². The van der Waals surface area contributed by atoms with Crippen LogP contribution in [-0.4, -0.2) is 33.1 Å². The number of nitrogens with one attached hydrogen (secondary N) is 1. The van der Waals surface area contributed by atoms with E-state index in [1.807, 2.05) is 60.8 Å². The highest BCUT2D eigenvalue weighted by atomic mass is 16.6.